The zero-order chi connectivity index (χ0) is 11.1. The highest BCUT2D eigenvalue weighted by Gasteiger charge is 2.03. The third-order valence-corrected chi connectivity index (χ3v) is 3.46. The third kappa shape index (κ3) is 3.80. The predicted octanol–water partition coefficient (Wildman–Crippen LogP) is 3.81. The average molecular weight is 268 g/mol. The topological polar surface area (TPSA) is 12.0 Å². The zero-order valence-corrected chi connectivity index (χ0v) is 11.0. The number of nitrogens with one attached hydrogen (secondary N) is 1. The minimum Gasteiger partial charge on any atom is -0.319 e. The minimum atomic E-state index is 1.03. The predicted molar refractivity (Wildman–Crippen MR) is 71.1 cm³/mol. The lowest BCUT2D eigenvalue weighted by Gasteiger charge is -2.09. The second-order valence-electron chi connectivity index (χ2n) is 3.49. The van der Waals surface area contributed by atoms with Crippen molar-refractivity contribution in [3.8, 4) is 0 Å². The summed E-state index contributed by atoms with van der Waals surface area (Å²) in [5.41, 5.74) is 2.74. The molecule has 15 heavy (non-hydrogen) atoms. The van der Waals surface area contributed by atoms with E-state index in [1.54, 1.807) is 0 Å². The summed E-state index contributed by atoms with van der Waals surface area (Å²) in [6, 6.07) is 10.5. The van der Waals surface area contributed by atoms with Crippen LogP contribution >= 0.6 is 15.9 Å². The molecule has 0 aliphatic carbocycles. The van der Waals surface area contributed by atoms with Crippen LogP contribution in [0.15, 0.2) is 35.9 Å². The van der Waals surface area contributed by atoms with Crippen LogP contribution in [0.4, 0.5) is 0 Å². The highest BCUT2D eigenvalue weighted by molar-refractivity contribution is 9.15. The van der Waals surface area contributed by atoms with Crippen molar-refractivity contribution >= 4 is 20.4 Å². The molecule has 0 aromatic heterocycles. The fourth-order valence-electron chi connectivity index (χ4n) is 1.51. The van der Waals surface area contributed by atoms with Gasteiger partial charge in [-0.25, -0.2) is 0 Å². The van der Waals surface area contributed by atoms with E-state index in [1.165, 1.54) is 15.6 Å². The SMILES string of the molecule is CC/C(CCNC)=C(/Br)c1ccccc1. The van der Waals surface area contributed by atoms with Crippen LogP contribution in [0.2, 0.25) is 0 Å². The maximum absolute atomic E-state index is 3.69. The standard InChI is InChI=1S/C13H18BrN/c1-3-11(9-10-15-2)13(14)12-7-5-4-6-8-12/h4-8,15H,3,9-10H2,1-2H3/b13-11-. The van der Waals surface area contributed by atoms with E-state index >= 15 is 0 Å². The molecule has 1 aromatic rings. The van der Waals surface area contributed by atoms with E-state index in [-0.39, 0.29) is 0 Å². The normalized spacial score (nSPS) is 12.5. The Morgan fingerprint density at radius 1 is 1.27 bits per heavy atom. The first-order valence-corrected chi connectivity index (χ1v) is 6.16. The molecule has 0 radical (unpaired) electrons. The molecule has 1 aromatic carbocycles. The van der Waals surface area contributed by atoms with Crippen molar-refractivity contribution in [1.82, 2.24) is 5.32 Å². The van der Waals surface area contributed by atoms with Gasteiger partial charge in [0, 0.05) is 4.48 Å². The van der Waals surface area contributed by atoms with Crippen LogP contribution in [0, 0.1) is 0 Å². The van der Waals surface area contributed by atoms with E-state index < -0.39 is 0 Å². The number of rotatable bonds is 5. The lowest BCUT2D eigenvalue weighted by Crippen LogP contribution is -2.08. The fourth-order valence-corrected chi connectivity index (χ4v) is 2.25. The zero-order valence-electron chi connectivity index (χ0n) is 9.39. The van der Waals surface area contributed by atoms with Gasteiger partial charge in [0.1, 0.15) is 0 Å². The Hall–Kier alpha value is -0.600. The van der Waals surface area contributed by atoms with Crippen LogP contribution in [0.5, 0.6) is 0 Å². The van der Waals surface area contributed by atoms with E-state index in [0.29, 0.717) is 0 Å². The van der Waals surface area contributed by atoms with Gasteiger partial charge in [-0.3, -0.25) is 0 Å². The second-order valence-corrected chi connectivity index (χ2v) is 4.28. The molecule has 0 amide bonds. The Morgan fingerprint density at radius 3 is 2.47 bits per heavy atom. The van der Waals surface area contributed by atoms with Crippen molar-refractivity contribution in [1.29, 1.82) is 0 Å². The highest BCUT2D eigenvalue weighted by atomic mass is 79.9. The van der Waals surface area contributed by atoms with Crippen molar-refractivity contribution in [2.75, 3.05) is 13.6 Å². The maximum Gasteiger partial charge on any atom is 0.0240 e. The summed E-state index contributed by atoms with van der Waals surface area (Å²) < 4.78 is 1.25. The quantitative estimate of drug-likeness (QED) is 0.856. The van der Waals surface area contributed by atoms with Crippen LogP contribution in [-0.2, 0) is 0 Å². The summed E-state index contributed by atoms with van der Waals surface area (Å²) in [7, 11) is 1.99. The summed E-state index contributed by atoms with van der Waals surface area (Å²) in [4.78, 5) is 0. The number of benzene rings is 1. The van der Waals surface area contributed by atoms with Gasteiger partial charge in [0.25, 0.3) is 0 Å². The molecule has 0 aliphatic heterocycles. The highest BCUT2D eigenvalue weighted by Crippen LogP contribution is 2.28. The largest absolute Gasteiger partial charge is 0.319 e. The van der Waals surface area contributed by atoms with Crippen molar-refractivity contribution in [2.45, 2.75) is 19.8 Å². The Morgan fingerprint density at radius 2 is 1.93 bits per heavy atom. The first-order valence-electron chi connectivity index (χ1n) is 5.37. The van der Waals surface area contributed by atoms with E-state index in [9.17, 15) is 0 Å². The molecule has 0 fully saturated rings. The first-order chi connectivity index (χ1) is 7.29. The molecule has 0 bridgehead atoms. The Bertz CT molecular complexity index is 317. The maximum atomic E-state index is 3.69. The lowest BCUT2D eigenvalue weighted by atomic mass is 10.1. The van der Waals surface area contributed by atoms with Crippen LogP contribution in [0.25, 0.3) is 4.48 Å². The number of halogens is 1. The molecule has 0 atom stereocenters. The Balaban J connectivity index is 2.85. The van der Waals surface area contributed by atoms with Crippen LogP contribution in [-0.4, -0.2) is 13.6 Å². The van der Waals surface area contributed by atoms with E-state index in [4.69, 9.17) is 0 Å². The monoisotopic (exact) mass is 267 g/mol. The smallest absolute Gasteiger partial charge is 0.0240 e. The first kappa shape index (κ1) is 12.5. The molecular formula is C13H18BrN. The summed E-state index contributed by atoms with van der Waals surface area (Å²) in [6.45, 7) is 3.24. The summed E-state index contributed by atoms with van der Waals surface area (Å²) in [5.74, 6) is 0. The molecule has 0 saturated heterocycles. The number of hydrogen-bond acceptors (Lipinski definition) is 1. The summed E-state index contributed by atoms with van der Waals surface area (Å²) >= 11 is 3.69. The van der Waals surface area contributed by atoms with Gasteiger partial charge in [0.2, 0.25) is 0 Å². The van der Waals surface area contributed by atoms with Crippen molar-refractivity contribution < 1.29 is 0 Å². The molecule has 2 heteroatoms. The van der Waals surface area contributed by atoms with Gasteiger partial charge in [-0.15, -0.1) is 0 Å². The third-order valence-electron chi connectivity index (χ3n) is 2.44. The molecule has 0 spiro atoms. The van der Waals surface area contributed by atoms with Gasteiger partial charge in [0.15, 0.2) is 0 Å². The minimum absolute atomic E-state index is 1.03. The van der Waals surface area contributed by atoms with E-state index in [1.807, 2.05) is 13.1 Å². The van der Waals surface area contributed by atoms with E-state index in [2.05, 4.69) is 52.4 Å². The van der Waals surface area contributed by atoms with Gasteiger partial charge in [-0.1, -0.05) is 58.8 Å². The van der Waals surface area contributed by atoms with Crippen molar-refractivity contribution in [3.05, 3.63) is 41.5 Å². The van der Waals surface area contributed by atoms with Gasteiger partial charge in [0.05, 0.1) is 0 Å². The van der Waals surface area contributed by atoms with Gasteiger partial charge in [-0.2, -0.15) is 0 Å². The Labute approximate surface area is 101 Å². The number of hydrogen-bond donors (Lipinski definition) is 1. The molecule has 1 rings (SSSR count). The van der Waals surface area contributed by atoms with Crippen LogP contribution in [0.1, 0.15) is 25.3 Å². The van der Waals surface area contributed by atoms with Gasteiger partial charge < -0.3 is 5.32 Å². The molecule has 0 saturated carbocycles. The molecule has 1 N–H and O–H groups in total. The Kier molecular flexibility index (Phi) is 5.66. The van der Waals surface area contributed by atoms with Gasteiger partial charge >= 0.3 is 0 Å². The van der Waals surface area contributed by atoms with Crippen LogP contribution in [0.3, 0.4) is 0 Å². The lowest BCUT2D eigenvalue weighted by molar-refractivity contribution is 0.771. The van der Waals surface area contributed by atoms with Crippen molar-refractivity contribution in [3.63, 3.8) is 0 Å². The summed E-state index contributed by atoms with van der Waals surface area (Å²) in [6.07, 6.45) is 2.19. The molecule has 0 heterocycles. The molecule has 82 valence electrons. The van der Waals surface area contributed by atoms with Crippen molar-refractivity contribution in [2.24, 2.45) is 0 Å². The second kappa shape index (κ2) is 6.81. The average Bonchev–Trinajstić information content (AvgIpc) is 2.31. The van der Waals surface area contributed by atoms with Crippen LogP contribution < -0.4 is 5.32 Å². The summed E-state index contributed by atoms with van der Waals surface area (Å²) in [5, 5.41) is 3.18. The molecule has 0 aliphatic rings. The van der Waals surface area contributed by atoms with Gasteiger partial charge in [-0.05, 0) is 32.0 Å². The van der Waals surface area contributed by atoms with E-state index in [0.717, 1.165) is 19.4 Å². The fraction of sp³-hybridized carbons (Fsp3) is 0.385. The molecule has 0 unspecified atom stereocenters. The molecule has 1 nitrogen and oxygen atoms in total. The molecular weight excluding hydrogens is 250 g/mol.